The molecule has 0 atom stereocenters. The van der Waals surface area contributed by atoms with E-state index in [1.54, 1.807) is 6.08 Å². The molecule has 0 saturated heterocycles. The molecule has 0 aromatic heterocycles. The van der Waals surface area contributed by atoms with E-state index in [1.165, 1.54) is 0 Å². The first-order chi connectivity index (χ1) is 4.72. The third kappa shape index (κ3) is 1.21. The quantitative estimate of drug-likeness (QED) is 0.291. The van der Waals surface area contributed by atoms with E-state index in [0.717, 1.165) is 12.8 Å². The van der Waals surface area contributed by atoms with E-state index >= 15 is 0 Å². The normalized spacial score (nSPS) is 23.8. The highest BCUT2D eigenvalue weighted by Gasteiger charge is 2.17. The Labute approximate surface area is 58.8 Å². The first-order valence-corrected chi connectivity index (χ1v) is 3.20. The average Bonchev–Trinajstić information content (AvgIpc) is 1.88. The molecular weight excluding hydrogens is 132 g/mol. The van der Waals surface area contributed by atoms with Gasteiger partial charge in [0.2, 0.25) is 0 Å². The lowest BCUT2D eigenvalue weighted by Gasteiger charge is -2.06. The molecule has 4 heteroatoms. The average molecular weight is 142 g/mol. The Balaban J connectivity index is 2.87. The Hall–Kier alpha value is -1.19. The Bertz CT molecular complexity index is 192. The van der Waals surface area contributed by atoms with Crippen molar-refractivity contribution in [3.8, 4) is 0 Å². The van der Waals surface area contributed by atoms with Crippen LogP contribution in [-0.2, 0) is 0 Å². The minimum atomic E-state index is -0.148. The zero-order valence-corrected chi connectivity index (χ0v) is 5.58. The highest BCUT2D eigenvalue weighted by Crippen LogP contribution is 2.10. The molecule has 0 radical (unpaired) electrons. The molecule has 1 aliphatic rings. The monoisotopic (exact) mass is 142 g/mol. The van der Waals surface area contributed by atoms with Gasteiger partial charge in [-0.1, -0.05) is 6.08 Å². The van der Waals surface area contributed by atoms with Crippen molar-refractivity contribution in [3.63, 3.8) is 0 Å². The molecule has 0 amide bonds. The molecule has 0 bridgehead atoms. The topological polar surface area (TPSA) is 72.3 Å². The van der Waals surface area contributed by atoms with Crippen molar-refractivity contribution in [2.24, 2.45) is 5.73 Å². The van der Waals surface area contributed by atoms with E-state index in [4.69, 9.17) is 10.9 Å². The van der Waals surface area contributed by atoms with Gasteiger partial charge in [-0.05, 0) is 12.8 Å². The molecule has 0 fully saturated rings. The van der Waals surface area contributed by atoms with Gasteiger partial charge >= 0.3 is 0 Å². The molecule has 0 aromatic carbocycles. The van der Waals surface area contributed by atoms with E-state index in [-0.39, 0.29) is 10.6 Å². The first-order valence-electron chi connectivity index (χ1n) is 3.20. The smallest absolute Gasteiger partial charge is 0.267 e. The van der Waals surface area contributed by atoms with Gasteiger partial charge in [0.25, 0.3) is 5.71 Å². The first kappa shape index (κ1) is 6.92. The number of hydrogen-bond acceptors (Lipinski definition) is 3. The Morgan fingerprint density at radius 3 is 2.80 bits per heavy atom. The van der Waals surface area contributed by atoms with Crippen molar-refractivity contribution in [1.29, 1.82) is 0 Å². The van der Waals surface area contributed by atoms with E-state index in [0.29, 0.717) is 12.1 Å². The van der Waals surface area contributed by atoms with Gasteiger partial charge in [0, 0.05) is 11.3 Å². The molecule has 0 heterocycles. The van der Waals surface area contributed by atoms with Crippen molar-refractivity contribution in [3.05, 3.63) is 17.0 Å². The molecule has 0 spiro atoms. The number of nitrogens with zero attached hydrogens (tertiary/aromatic N) is 1. The van der Waals surface area contributed by atoms with Crippen LogP contribution in [0.2, 0.25) is 0 Å². The van der Waals surface area contributed by atoms with Crippen LogP contribution in [0, 0.1) is 5.21 Å². The van der Waals surface area contributed by atoms with Crippen molar-refractivity contribution in [1.82, 2.24) is 0 Å². The summed E-state index contributed by atoms with van der Waals surface area (Å²) in [6.45, 7) is 0. The van der Waals surface area contributed by atoms with Crippen molar-refractivity contribution in [2.75, 3.05) is 0 Å². The highest BCUT2D eigenvalue weighted by molar-refractivity contribution is 5.95. The van der Waals surface area contributed by atoms with Crippen LogP contribution in [-0.4, -0.2) is 15.8 Å². The summed E-state index contributed by atoms with van der Waals surface area (Å²) in [5.74, 6) is 0. The maximum atomic E-state index is 10.3. The number of nitrogens with two attached hydrogens (primary N) is 1. The zero-order valence-electron chi connectivity index (χ0n) is 5.58. The summed E-state index contributed by atoms with van der Waals surface area (Å²) in [6, 6.07) is 0. The number of allylic oxidation sites excluding steroid dienone is 2. The van der Waals surface area contributed by atoms with Crippen molar-refractivity contribution < 1.29 is 10.1 Å². The van der Waals surface area contributed by atoms with E-state index < -0.39 is 0 Å². The Kier molecular flexibility index (Phi) is 1.80. The molecule has 56 valence electrons. The Morgan fingerprint density at radius 1 is 1.70 bits per heavy atom. The van der Waals surface area contributed by atoms with Gasteiger partial charge in [0.1, 0.15) is 5.70 Å². The Morgan fingerprint density at radius 2 is 2.40 bits per heavy atom. The van der Waals surface area contributed by atoms with Crippen LogP contribution in [0.4, 0.5) is 0 Å². The van der Waals surface area contributed by atoms with Crippen LogP contribution < -0.4 is 5.73 Å². The second-order valence-electron chi connectivity index (χ2n) is 2.27. The summed E-state index contributed by atoms with van der Waals surface area (Å²) in [5.41, 5.74) is 6.09. The van der Waals surface area contributed by atoms with Gasteiger partial charge in [-0.3, -0.25) is 5.21 Å². The summed E-state index contributed by atoms with van der Waals surface area (Å²) >= 11 is 0. The SMILES string of the molecule is NC1=CCCC/C1=[N+](\[O-])O. The van der Waals surface area contributed by atoms with E-state index in [9.17, 15) is 5.21 Å². The molecule has 10 heavy (non-hydrogen) atoms. The molecule has 3 N–H and O–H groups in total. The second-order valence-corrected chi connectivity index (χ2v) is 2.27. The lowest BCUT2D eigenvalue weighted by atomic mass is 10.0. The summed E-state index contributed by atoms with van der Waals surface area (Å²) in [5, 5.41) is 18.8. The maximum Gasteiger partial charge on any atom is 0.267 e. The van der Waals surface area contributed by atoms with Crippen LogP contribution in [0.1, 0.15) is 19.3 Å². The molecular formula is C6H10N2O2. The molecule has 0 aliphatic heterocycles. The minimum Gasteiger partial charge on any atom is -0.417 e. The van der Waals surface area contributed by atoms with Crippen LogP contribution in [0.5, 0.6) is 0 Å². The standard InChI is InChI=1S/C6H10N2O2/c7-5-3-1-2-4-6(5)8(9)10/h3H,1-2,4,7H2,(H,9,10). The van der Waals surface area contributed by atoms with Gasteiger partial charge in [-0.2, -0.15) is 0 Å². The fourth-order valence-electron chi connectivity index (χ4n) is 0.995. The second kappa shape index (κ2) is 2.60. The number of rotatable bonds is 0. The van der Waals surface area contributed by atoms with Crippen LogP contribution in [0.25, 0.3) is 0 Å². The predicted molar refractivity (Wildman–Crippen MR) is 36.5 cm³/mol. The molecule has 0 unspecified atom stereocenters. The lowest BCUT2D eigenvalue weighted by molar-refractivity contribution is -0.726. The third-order valence-electron chi connectivity index (χ3n) is 1.55. The predicted octanol–water partition coefficient (Wildman–Crippen LogP) is 0.353. The molecule has 4 nitrogen and oxygen atoms in total. The van der Waals surface area contributed by atoms with Gasteiger partial charge in [0.05, 0.1) is 0 Å². The summed E-state index contributed by atoms with van der Waals surface area (Å²) in [4.78, 5) is -0.148. The fourth-order valence-corrected chi connectivity index (χ4v) is 0.995. The highest BCUT2D eigenvalue weighted by atomic mass is 16.8. The molecule has 1 rings (SSSR count). The van der Waals surface area contributed by atoms with E-state index in [2.05, 4.69) is 0 Å². The largest absolute Gasteiger partial charge is 0.417 e. The van der Waals surface area contributed by atoms with Gasteiger partial charge in [-0.25, -0.2) is 0 Å². The van der Waals surface area contributed by atoms with E-state index in [1.807, 2.05) is 0 Å². The lowest BCUT2D eigenvalue weighted by Crippen LogP contribution is -2.22. The molecule has 0 aromatic rings. The maximum absolute atomic E-state index is 10.3. The van der Waals surface area contributed by atoms with Crippen LogP contribution in [0.3, 0.4) is 0 Å². The van der Waals surface area contributed by atoms with Crippen LogP contribution in [0.15, 0.2) is 11.8 Å². The summed E-state index contributed by atoms with van der Waals surface area (Å²) in [7, 11) is 0. The van der Waals surface area contributed by atoms with Crippen LogP contribution >= 0.6 is 0 Å². The van der Waals surface area contributed by atoms with Gasteiger partial charge in [-0.15, -0.1) is 0 Å². The minimum absolute atomic E-state index is 0.148. The van der Waals surface area contributed by atoms with Crippen molar-refractivity contribution >= 4 is 5.71 Å². The summed E-state index contributed by atoms with van der Waals surface area (Å²) in [6.07, 6.45) is 4.10. The fraction of sp³-hybridized carbons (Fsp3) is 0.500. The van der Waals surface area contributed by atoms with Gasteiger partial charge in [0.15, 0.2) is 0 Å². The number of hydrogen-bond donors (Lipinski definition) is 2. The zero-order chi connectivity index (χ0) is 7.56. The molecule has 1 aliphatic carbocycles. The molecule has 0 saturated carbocycles. The van der Waals surface area contributed by atoms with Crippen molar-refractivity contribution in [2.45, 2.75) is 19.3 Å². The third-order valence-corrected chi connectivity index (χ3v) is 1.55. The van der Waals surface area contributed by atoms with Gasteiger partial charge < -0.3 is 10.9 Å². The summed E-state index contributed by atoms with van der Waals surface area (Å²) < 4.78 is 0.